The Balaban J connectivity index is 0.00000180. The summed E-state index contributed by atoms with van der Waals surface area (Å²) in [6.07, 6.45) is 1.82. The van der Waals surface area contributed by atoms with Crippen LogP contribution in [0.2, 0.25) is 0 Å². The van der Waals surface area contributed by atoms with Gasteiger partial charge >= 0.3 is 0 Å². The summed E-state index contributed by atoms with van der Waals surface area (Å²) < 4.78 is 1.33. The van der Waals surface area contributed by atoms with E-state index < -0.39 is 0 Å². The lowest BCUT2D eigenvalue weighted by atomic mass is 10.2. The van der Waals surface area contributed by atoms with E-state index in [1.807, 2.05) is 18.3 Å². The molecule has 1 aliphatic heterocycles. The van der Waals surface area contributed by atoms with Crippen LogP contribution in [0.4, 0.5) is 0 Å². The fraction of sp³-hybridized carbons (Fsp3) is 0.417. The first-order chi connectivity index (χ1) is 8.56. The zero-order valence-electron chi connectivity index (χ0n) is 10.5. The van der Waals surface area contributed by atoms with Crippen LogP contribution in [0.3, 0.4) is 0 Å². The number of halogens is 3. The Morgan fingerprint density at radius 1 is 1.16 bits per heavy atom. The smallest absolute Gasteiger partial charge is 0.143 e. The van der Waals surface area contributed by atoms with Crippen molar-refractivity contribution in [2.75, 3.05) is 33.2 Å². The minimum atomic E-state index is 0. The van der Waals surface area contributed by atoms with Gasteiger partial charge < -0.3 is 10.0 Å². The summed E-state index contributed by atoms with van der Waals surface area (Å²) in [6.45, 7) is 3.99. The minimum Gasteiger partial charge on any atom is -0.506 e. The molecular formula is C12H16Br2ClN3O. The van der Waals surface area contributed by atoms with Crippen LogP contribution in [0.15, 0.2) is 26.2 Å². The van der Waals surface area contributed by atoms with E-state index in [9.17, 15) is 5.11 Å². The highest BCUT2D eigenvalue weighted by atomic mass is 79.9. The zero-order chi connectivity index (χ0) is 13.1. The fourth-order valence-electron chi connectivity index (χ4n) is 1.72. The van der Waals surface area contributed by atoms with Crippen molar-refractivity contribution in [1.82, 2.24) is 9.91 Å². The van der Waals surface area contributed by atoms with Crippen molar-refractivity contribution in [3.63, 3.8) is 0 Å². The van der Waals surface area contributed by atoms with Gasteiger partial charge in [-0.05, 0) is 56.6 Å². The summed E-state index contributed by atoms with van der Waals surface area (Å²) in [6, 6.07) is 3.69. The van der Waals surface area contributed by atoms with Gasteiger partial charge in [-0.25, -0.2) is 0 Å². The largest absolute Gasteiger partial charge is 0.506 e. The van der Waals surface area contributed by atoms with Crippen LogP contribution in [0, 0.1) is 0 Å². The second kappa shape index (κ2) is 7.47. The Labute approximate surface area is 136 Å². The highest BCUT2D eigenvalue weighted by molar-refractivity contribution is 9.11. The van der Waals surface area contributed by atoms with Crippen LogP contribution < -0.4 is 0 Å². The molecule has 1 heterocycles. The Bertz CT molecular complexity index is 439. The molecule has 0 bridgehead atoms. The number of piperazine rings is 1. The maximum atomic E-state index is 9.62. The summed E-state index contributed by atoms with van der Waals surface area (Å²) in [5, 5.41) is 16.1. The molecule has 1 aliphatic rings. The average molecular weight is 414 g/mol. The van der Waals surface area contributed by atoms with E-state index in [1.54, 1.807) is 0 Å². The third kappa shape index (κ3) is 4.63. The van der Waals surface area contributed by atoms with E-state index in [-0.39, 0.29) is 18.2 Å². The number of hydrogen-bond donors (Lipinski definition) is 1. The van der Waals surface area contributed by atoms with Crippen LogP contribution in [0.1, 0.15) is 5.56 Å². The van der Waals surface area contributed by atoms with Gasteiger partial charge in [0.05, 0.1) is 15.2 Å². The topological polar surface area (TPSA) is 39.1 Å². The van der Waals surface area contributed by atoms with E-state index in [1.165, 1.54) is 0 Å². The Kier molecular flexibility index (Phi) is 6.59. The molecule has 1 saturated heterocycles. The van der Waals surface area contributed by atoms with Gasteiger partial charge in [0.15, 0.2) is 0 Å². The molecule has 7 heteroatoms. The summed E-state index contributed by atoms with van der Waals surface area (Å²) in [4.78, 5) is 2.29. The van der Waals surface area contributed by atoms with Crippen molar-refractivity contribution in [3.8, 4) is 5.75 Å². The molecule has 1 aromatic rings. The normalized spacial score (nSPS) is 16.7. The number of aromatic hydroxyl groups is 1. The zero-order valence-corrected chi connectivity index (χ0v) is 14.5. The van der Waals surface area contributed by atoms with Crippen LogP contribution >= 0.6 is 44.3 Å². The highest BCUT2D eigenvalue weighted by Crippen LogP contribution is 2.32. The van der Waals surface area contributed by atoms with Gasteiger partial charge in [0.25, 0.3) is 0 Å². The second-order valence-corrected chi connectivity index (χ2v) is 6.04. The molecule has 1 N–H and O–H groups in total. The molecule has 0 aromatic heterocycles. The molecule has 2 rings (SSSR count). The molecule has 1 fully saturated rings. The number of rotatable bonds is 2. The van der Waals surface area contributed by atoms with Crippen molar-refractivity contribution in [3.05, 3.63) is 26.6 Å². The number of hydrogen-bond acceptors (Lipinski definition) is 4. The first-order valence-corrected chi connectivity index (χ1v) is 7.30. The Hall–Kier alpha value is -0.300. The van der Waals surface area contributed by atoms with Crippen LogP contribution in [-0.2, 0) is 0 Å². The Morgan fingerprint density at radius 2 is 1.68 bits per heavy atom. The van der Waals surface area contributed by atoms with Gasteiger partial charge in [0.2, 0.25) is 0 Å². The van der Waals surface area contributed by atoms with Crippen LogP contribution in [0.25, 0.3) is 0 Å². The van der Waals surface area contributed by atoms with E-state index in [4.69, 9.17) is 0 Å². The van der Waals surface area contributed by atoms with E-state index in [0.717, 1.165) is 31.7 Å². The van der Waals surface area contributed by atoms with E-state index in [0.29, 0.717) is 8.95 Å². The number of benzene rings is 1. The van der Waals surface area contributed by atoms with Gasteiger partial charge in [-0.2, -0.15) is 5.10 Å². The third-order valence-corrected chi connectivity index (χ3v) is 4.10. The number of hydrazone groups is 1. The summed E-state index contributed by atoms with van der Waals surface area (Å²) in [5.41, 5.74) is 0.950. The molecule has 0 atom stereocenters. The second-order valence-electron chi connectivity index (χ2n) is 4.33. The number of phenols is 1. The predicted octanol–water partition coefficient (Wildman–Crippen LogP) is 2.92. The molecule has 19 heavy (non-hydrogen) atoms. The third-order valence-electron chi connectivity index (χ3n) is 2.89. The minimum absolute atomic E-state index is 0. The predicted molar refractivity (Wildman–Crippen MR) is 87.4 cm³/mol. The quantitative estimate of drug-likeness (QED) is 0.758. The van der Waals surface area contributed by atoms with Crippen molar-refractivity contribution in [2.45, 2.75) is 0 Å². The molecule has 0 unspecified atom stereocenters. The molecule has 106 valence electrons. The van der Waals surface area contributed by atoms with Gasteiger partial charge in [0.1, 0.15) is 5.75 Å². The average Bonchev–Trinajstić information content (AvgIpc) is 2.35. The molecule has 0 radical (unpaired) electrons. The molecule has 0 aliphatic carbocycles. The standard InChI is InChI=1S/C12H15Br2N3O.ClH/c1-16-2-4-17(5-3-16)15-8-9-6-10(13)12(18)11(14)7-9;/h6-8,18H,2-5H2,1H3;1H. The van der Waals surface area contributed by atoms with E-state index in [2.05, 4.69) is 53.9 Å². The monoisotopic (exact) mass is 411 g/mol. The molecular weight excluding hydrogens is 397 g/mol. The van der Waals surface area contributed by atoms with Gasteiger partial charge in [0, 0.05) is 26.2 Å². The fourth-order valence-corrected chi connectivity index (χ4v) is 2.94. The maximum Gasteiger partial charge on any atom is 0.143 e. The molecule has 0 saturated carbocycles. The molecule has 1 aromatic carbocycles. The van der Waals surface area contributed by atoms with Crippen molar-refractivity contribution in [2.24, 2.45) is 5.10 Å². The lowest BCUT2D eigenvalue weighted by molar-refractivity contribution is 0.159. The molecule has 0 amide bonds. The van der Waals surface area contributed by atoms with E-state index >= 15 is 0 Å². The highest BCUT2D eigenvalue weighted by Gasteiger charge is 2.11. The Morgan fingerprint density at radius 3 is 2.21 bits per heavy atom. The first-order valence-electron chi connectivity index (χ1n) is 5.72. The van der Waals surface area contributed by atoms with Gasteiger partial charge in [-0.15, -0.1) is 12.4 Å². The van der Waals surface area contributed by atoms with Gasteiger partial charge in [-0.1, -0.05) is 0 Å². The van der Waals surface area contributed by atoms with Gasteiger partial charge in [-0.3, -0.25) is 5.01 Å². The summed E-state index contributed by atoms with van der Waals surface area (Å²) in [7, 11) is 2.12. The number of phenolic OH excluding ortho intramolecular Hbond substituents is 1. The molecule has 4 nitrogen and oxygen atoms in total. The SMILES string of the molecule is CN1CCN(N=Cc2cc(Br)c(O)c(Br)c2)CC1.Cl. The van der Waals surface area contributed by atoms with Crippen LogP contribution in [-0.4, -0.2) is 54.5 Å². The lowest BCUT2D eigenvalue weighted by Crippen LogP contribution is -2.41. The maximum absolute atomic E-state index is 9.62. The van der Waals surface area contributed by atoms with Crippen molar-refractivity contribution < 1.29 is 5.11 Å². The first kappa shape index (κ1) is 16.8. The summed E-state index contributed by atoms with van der Waals surface area (Å²) in [5.74, 6) is 0.215. The number of nitrogens with zero attached hydrogens (tertiary/aromatic N) is 3. The summed E-state index contributed by atoms with van der Waals surface area (Å²) >= 11 is 6.62. The van der Waals surface area contributed by atoms with Crippen molar-refractivity contribution in [1.29, 1.82) is 0 Å². The lowest BCUT2D eigenvalue weighted by Gasteiger charge is -2.30. The van der Waals surface area contributed by atoms with Crippen LogP contribution in [0.5, 0.6) is 5.75 Å². The number of likely N-dealkylation sites (N-methyl/N-ethyl adjacent to an activating group) is 1. The molecule has 0 spiro atoms. The van der Waals surface area contributed by atoms with Crippen molar-refractivity contribution >= 4 is 50.5 Å².